The molecule has 1 atom stereocenters. The maximum Gasteiger partial charge on any atom is 0.261 e. The van der Waals surface area contributed by atoms with Crippen LogP contribution in [0.15, 0.2) is 24.3 Å². The molecule has 1 aliphatic heterocycles. The Bertz CT molecular complexity index is 631. The Morgan fingerprint density at radius 1 is 1.05 bits per heavy atom. The summed E-state index contributed by atoms with van der Waals surface area (Å²) in [5.74, 6) is -4.56. The summed E-state index contributed by atoms with van der Waals surface area (Å²) in [5.41, 5.74) is -0.199. The Morgan fingerprint density at radius 2 is 1.64 bits per heavy atom. The number of fused-ring (bicyclic) bond motifs is 1. The molecule has 1 heterocycles. The van der Waals surface area contributed by atoms with Crippen LogP contribution >= 0.6 is 0 Å². The van der Waals surface area contributed by atoms with Gasteiger partial charge in [0.1, 0.15) is 0 Å². The van der Waals surface area contributed by atoms with E-state index in [4.69, 9.17) is 0 Å². The molecule has 4 rings (SSSR count). The standard InChI is InChI=1S/C17H17F2NO2/c18-17(19)11(4-3-7-16(17)8-9-16)10-20-14(21)12-5-1-2-6-13(12)15(20)22/h1-2,5-6,11H,3-4,7-10H2. The molecule has 116 valence electrons. The molecule has 5 heteroatoms. The van der Waals surface area contributed by atoms with Crippen LogP contribution in [0.25, 0.3) is 0 Å². The van der Waals surface area contributed by atoms with Crippen molar-refractivity contribution in [2.45, 2.75) is 38.0 Å². The van der Waals surface area contributed by atoms with Crippen molar-refractivity contribution in [2.75, 3.05) is 6.54 Å². The van der Waals surface area contributed by atoms with E-state index in [9.17, 15) is 18.4 Å². The van der Waals surface area contributed by atoms with Crippen LogP contribution < -0.4 is 0 Å². The molecule has 3 aliphatic rings. The fraction of sp³-hybridized carbons (Fsp3) is 0.529. The molecule has 0 saturated heterocycles. The van der Waals surface area contributed by atoms with Crippen molar-refractivity contribution in [2.24, 2.45) is 11.3 Å². The van der Waals surface area contributed by atoms with E-state index in [1.807, 2.05) is 0 Å². The van der Waals surface area contributed by atoms with Crippen LogP contribution in [0.4, 0.5) is 8.78 Å². The Hall–Kier alpha value is -1.78. The molecular weight excluding hydrogens is 288 g/mol. The molecule has 1 spiro atoms. The fourth-order valence-corrected chi connectivity index (χ4v) is 4.03. The van der Waals surface area contributed by atoms with E-state index < -0.39 is 29.1 Å². The van der Waals surface area contributed by atoms with Crippen molar-refractivity contribution in [3.8, 4) is 0 Å². The van der Waals surface area contributed by atoms with Gasteiger partial charge in [0, 0.05) is 17.9 Å². The van der Waals surface area contributed by atoms with Crippen LogP contribution in [0, 0.1) is 11.3 Å². The molecular formula is C17H17F2NO2. The van der Waals surface area contributed by atoms with Crippen molar-refractivity contribution in [3.05, 3.63) is 35.4 Å². The summed E-state index contributed by atoms with van der Waals surface area (Å²) in [5, 5.41) is 0. The SMILES string of the molecule is O=C1c2ccccc2C(=O)N1CC1CCCC2(CC2)C1(F)F. The summed E-state index contributed by atoms with van der Waals surface area (Å²) in [6.07, 6.45) is 2.83. The Balaban J connectivity index is 1.60. The largest absolute Gasteiger partial charge is 0.274 e. The highest BCUT2D eigenvalue weighted by molar-refractivity contribution is 6.21. The van der Waals surface area contributed by atoms with E-state index in [2.05, 4.69) is 0 Å². The lowest BCUT2D eigenvalue weighted by atomic mass is 9.75. The number of hydrogen-bond donors (Lipinski definition) is 0. The molecule has 0 aromatic heterocycles. The maximum absolute atomic E-state index is 14.7. The van der Waals surface area contributed by atoms with E-state index in [1.165, 1.54) is 0 Å². The summed E-state index contributed by atoms with van der Waals surface area (Å²) in [6.45, 7) is -0.166. The summed E-state index contributed by atoms with van der Waals surface area (Å²) in [6, 6.07) is 6.53. The van der Waals surface area contributed by atoms with Gasteiger partial charge in [0.2, 0.25) is 0 Å². The van der Waals surface area contributed by atoms with E-state index in [1.54, 1.807) is 24.3 Å². The van der Waals surface area contributed by atoms with Crippen molar-refractivity contribution in [1.82, 2.24) is 4.90 Å². The summed E-state index contributed by atoms with van der Waals surface area (Å²) in [4.78, 5) is 25.7. The Kier molecular flexibility index (Phi) is 2.75. The first-order chi connectivity index (χ1) is 10.5. The van der Waals surface area contributed by atoms with Gasteiger partial charge in [-0.3, -0.25) is 14.5 Å². The second kappa shape index (κ2) is 4.37. The van der Waals surface area contributed by atoms with Gasteiger partial charge in [-0.05, 0) is 37.8 Å². The second-order valence-electron chi connectivity index (χ2n) is 6.76. The lowest BCUT2D eigenvalue weighted by Gasteiger charge is -2.39. The van der Waals surface area contributed by atoms with Crippen LogP contribution in [0.2, 0.25) is 0 Å². The van der Waals surface area contributed by atoms with Crippen LogP contribution in [0.5, 0.6) is 0 Å². The van der Waals surface area contributed by atoms with Gasteiger partial charge in [-0.15, -0.1) is 0 Å². The zero-order chi connectivity index (χ0) is 15.5. The van der Waals surface area contributed by atoms with Gasteiger partial charge in [0.25, 0.3) is 17.7 Å². The van der Waals surface area contributed by atoms with Gasteiger partial charge in [-0.25, -0.2) is 8.78 Å². The number of carbonyl (C=O) groups excluding carboxylic acids is 2. The highest BCUT2D eigenvalue weighted by Gasteiger charge is 2.66. The lowest BCUT2D eigenvalue weighted by Crippen LogP contribution is -2.48. The van der Waals surface area contributed by atoms with Crippen molar-refractivity contribution >= 4 is 11.8 Å². The minimum absolute atomic E-state index is 0.166. The molecule has 3 nitrogen and oxygen atoms in total. The van der Waals surface area contributed by atoms with Crippen LogP contribution in [0.3, 0.4) is 0 Å². The van der Waals surface area contributed by atoms with Crippen LogP contribution in [-0.2, 0) is 0 Å². The molecule has 0 N–H and O–H groups in total. The third-order valence-electron chi connectivity index (χ3n) is 5.56. The van der Waals surface area contributed by atoms with Crippen molar-refractivity contribution < 1.29 is 18.4 Å². The predicted octanol–water partition coefficient (Wildman–Crippen LogP) is 3.50. The number of nitrogens with zero attached hydrogens (tertiary/aromatic N) is 1. The second-order valence-corrected chi connectivity index (χ2v) is 6.76. The molecule has 1 unspecified atom stereocenters. The number of hydrogen-bond acceptors (Lipinski definition) is 2. The number of halogens is 2. The molecule has 2 amide bonds. The van der Waals surface area contributed by atoms with Gasteiger partial charge in [-0.2, -0.15) is 0 Å². The molecule has 2 saturated carbocycles. The topological polar surface area (TPSA) is 37.4 Å². The number of carbonyl (C=O) groups is 2. The first-order valence-electron chi connectivity index (χ1n) is 7.79. The minimum Gasteiger partial charge on any atom is -0.274 e. The number of amides is 2. The van der Waals surface area contributed by atoms with Gasteiger partial charge in [0.05, 0.1) is 11.1 Å². The van der Waals surface area contributed by atoms with Gasteiger partial charge in [0.15, 0.2) is 0 Å². The molecule has 2 aliphatic carbocycles. The monoisotopic (exact) mass is 305 g/mol. The molecule has 0 radical (unpaired) electrons. The van der Waals surface area contributed by atoms with Gasteiger partial charge in [-0.1, -0.05) is 18.6 Å². The summed E-state index contributed by atoms with van der Waals surface area (Å²) < 4.78 is 29.4. The third kappa shape index (κ3) is 1.71. The van der Waals surface area contributed by atoms with E-state index in [0.29, 0.717) is 36.8 Å². The number of alkyl halides is 2. The van der Waals surface area contributed by atoms with E-state index in [0.717, 1.165) is 11.3 Å². The number of benzene rings is 1. The molecule has 1 aromatic carbocycles. The van der Waals surface area contributed by atoms with Crippen LogP contribution in [0.1, 0.15) is 52.8 Å². The first-order valence-corrected chi connectivity index (χ1v) is 7.79. The zero-order valence-electron chi connectivity index (χ0n) is 12.1. The Morgan fingerprint density at radius 3 is 2.18 bits per heavy atom. The normalized spacial score (nSPS) is 28.1. The highest BCUT2D eigenvalue weighted by atomic mass is 19.3. The molecule has 1 aromatic rings. The average molecular weight is 305 g/mol. The highest BCUT2D eigenvalue weighted by Crippen LogP contribution is 2.65. The Labute approximate surface area is 127 Å². The van der Waals surface area contributed by atoms with Crippen LogP contribution in [-0.4, -0.2) is 29.2 Å². The number of imide groups is 1. The van der Waals surface area contributed by atoms with Gasteiger partial charge >= 0.3 is 0 Å². The van der Waals surface area contributed by atoms with Gasteiger partial charge < -0.3 is 0 Å². The molecule has 0 bridgehead atoms. The summed E-state index contributed by atoms with van der Waals surface area (Å²) in [7, 11) is 0. The quantitative estimate of drug-likeness (QED) is 0.784. The third-order valence-corrected chi connectivity index (χ3v) is 5.56. The van der Waals surface area contributed by atoms with Crippen molar-refractivity contribution in [1.29, 1.82) is 0 Å². The smallest absolute Gasteiger partial charge is 0.261 e. The average Bonchev–Trinajstić information content (AvgIpc) is 3.25. The first kappa shape index (κ1) is 13.9. The minimum atomic E-state index is -2.78. The molecule has 22 heavy (non-hydrogen) atoms. The zero-order valence-corrected chi connectivity index (χ0v) is 12.1. The maximum atomic E-state index is 14.7. The lowest BCUT2D eigenvalue weighted by molar-refractivity contribution is -0.147. The van der Waals surface area contributed by atoms with Crippen molar-refractivity contribution in [3.63, 3.8) is 0 Å². The predicted molar refractivity (Wildman–Crippen MR) is 75.8 cm³/mol. The number of rotatable bonds is 2. The fourth-order valence-electron chi connectivity index (χ4n) is 4.03. The molecule has 2 fully saturated rings. The summed E-state index contributed by atoms with van der Waals surface area (Å²) >= 11 is 0. The van der Waals surface area contributed by atoms with E-state index >= 15 is 0 Å². The van der Waals surface area contributed by atoms with E-state index in [-0.39, 0.29) is 6.54 Å².